The van der Waals surface area contributed by atoms with Crippen molar-refractivity contribution in [3.8, 4) is 11.5 Å². The van der Waals surface area contributed by atoms with Crippen LogP contribution in [0.1, 0.15) is 6.92 Å². The van der Waals surface area contributed by atoms with E-state index in [0.717, 1.165) is 22.9 Å². The largest absolute Gasteiger partial charge is 0.494 e. The summed E-state index contributed by atoms with van der Waals surface area (Å²) in [5, 5.41) is 12.0. The van der Waals surface area contributed by atoms with Crippen LogP contribution in [-0.4, -0.2) is 24.9 Å². The number of aliphatic hydroxyl groups is 1. The van der Waals surface area contributed by atoms with Gasteiger partial charge in [-0.2, -0.15) is 0 Å². The molecular weight excluding hydrogens is 254 g/mol. The third kappa shape index (κ3) is 4.17. The van der Waals surface area contributed by atoms with Crippen LogP contribution in [-0.2, 0) is 0 Å². The van der Waals surface area contributed by atoms with Crippen molar-refractivity contribution in [2.75, 3.05) is 25.1 Å². The maximum atomic E-state index is 8.75. The summed E-state index contributed by atoms with van der Waals surface area (Å²) < 4.78 is 10.8. The molecular formula is C16H19NO3. The van der Waals surface area contributed by atoms with Gasteiger partial charge in [-0.15, -0.1) is 0 Å². The van der Waals surface area contributed by atoms with Gasteiger partial charge in [-0.05, 0) is 43.3 Å². The number of rotatable bonds is 7. The molecule has 0 bridgehead atoms. The molecule has 4 heteroatoms. The monoisotopic (exact) mass is 273 g/mol. The SMILES string of the molecule is CCOc1ccc(Nc2cccc(OCCO)c2)cc1. The number of nitrogens with one attached hydrogen (secondary N) is 1. The molecule has 2 rings (SSSR count). The van der Waals surface area contributed by atoms with Crippen LogP contribution < -0.4 is 14.8 Å². The third-order valence-corrected chi connectivity index (χ3v) is 2.65. The quantitative estimate of drug-likeness (QED) is 0.813. The standard InChI is InChI=1S/C16H19NO3/c1-2-19-15-8-6-13(7-9-15)17-14-4-3-5-16(12-14)20-11-10-18/h3-9,12,17-18H,2,10-11H2,1H3. The predicted octanol–water partition coefficient (Wildman–Crippen LogP) is 3.20. The fraction of sp³-hybridized carbons (Fsp3) is 0.250. The summed E-state index contributed by atoms with van der Waals surface area (Å²) in [6, 6.07) is 15.4. The van der Waals surface area contributed by atoms with Gasteiger partial charge in [-0.1, -0.05) is 6.07 Å². The van der Waals surface area contributed by atoms with Crippen molar-refractivity contribution >= 4 is 11.4 Å². The Labute approximate surface area is 119 Å². The van der Waals surface area contributed by atoms with Crippen LogP contribution in [0.15, 0.2) is 48.5 Å². The molecule has 4 nitrogen and oxygen atoms in total. The second kappa shape index (κ2) is 7.40. The predicted molar refractivity (Wildman–Crippen MR) is 79.9 cm³/mol. The molecule has 0 aliphatic carbocycles. The Kier molecular flexibility index (Phi) is 5.26. The van der Waals surface area contributed by atoms with Gasteiger partial charge < -0.3 is 19.9 Å². The molecule has 0 radical (unpaired) electrons. The van der Waals surface area contributed by atoms with Crippen LogP contribution in [0.2, 0.25) is 0 Å². The molecule has 0 aliphatic heterocycles. The highest BCUT2D eigenvalue weighted by molar-refractivity contribution is 5.61. The van der Waals surface area contributed by atoms with Crippen molar-refractivity contribution in [1.29, 1.82) is 0 Å². The zero-order chi connectivity index (χ0) is 14.2. The van der Waals surface area contributed by atoms with Gasteiger partial charge in [0.2, 0.25) is 0 Å². The smallest absolute Gasteiger partial charge is 0.121 e. The first-order valence-electron chi connectivity index (χ1n) is 6.65. The van der Waals surface area contributed by atoms with E-state index in [-0.39, 0.29) is 6.61 Å². The molecule has 0 aliphatic rings. The van der Waals surface area contributed by atoms with Crippen LogP contribution in [0, 0.1) is 0 Å². The summed E-state index contributed by atoms with van der Waals surface area (Å²) in [5.41, 5.74) is 1.91. The molecule has 0 atom stereocenters. The fourth-order valence-corrected chi connectivity index (χ4v) is 1.79. The second-order valence-corrected chi connectivity index (χ2v) is 4.18. The van der Waals surface area contributed by atoms with Crippen molar-refractivity contribution in [3.05, 3.63) is 48.5 Å². The maximum Gasteiger partial charge on any atom is 0.121 e. The van der Waals surface area contributed by atoms with E-state index in [1.807, 2.05) is 55.5 Å². The molecule has 0 unspecified atom stereocenters. The molecule has 2 aromatic rings. The first-order chi connectivity index (χ1) is 9.81. The summed E-state index contributed by atoms with van der Waals surface area (Å²) in [6.45, 7) is 2.93. The van der Waals surface area contributed by atoms with Crippen LogP contribution in [0.5, 0.6) is 11.5 Å². The Hall–Kier alpha value is -2.20. The van der Waals surface area contributed by atoms with Gasteiger partial charge in [0, 0.05) is 17.4 Å². The number of ether oxygens (including phenoxy) is 2. The minimum absolute atomic E-state index is 0.0105. The number of benzene rings is 2. The van der Waals surface area contributed by atoms with E-state index < -0.39 is 0 Å². The van der Waals surface area contributed by atoms with E-state index in [9.17, 15) is 0 Å². The fourth-order valence-electron chi connectivity index (χ4n) is 1.79. The van der Waals surface area contributed by atoms with E-state index >= 15 is 0 Å². The number of aliphatic hydroxyl groups excluding tert-OH is 1. The Balaban J connectivity index is 2.01. The molecule has 0 heterocycles. The normalized spacial score (nSPS) is 10.1. The zero-order valence-corrected chi connectivity index (χ0v) is 11.5. The average molecular weight is 273 g/mol. The minimum Gasteiger partial charge on any atom is -0.494 e. The Morgan fingerprint density at radius 1 is 0.950 bits per heavy atom. The van der Waals surface area contributed by atoms with Gasteiger partial charge in [0.15, 0.2) is 0 Å². The Morgan fingerprint density at radius 2 is 1.75 bits per heavy atom. The van der Waals surface area contributed by atoms with Crippen molar-refractivity contribution < 1.29 is 14.6 Å². The van der Waals surface area contributed by atoms with Crippen molar-refractivity contribution in [2.24, 2.45) is 0 Å². The molecule has 0 fully saturated rings. The number of hydrogen-bond acceptors (Lipinski definition) is 4. The van der Waals surface area contributed by atoms with Crippen molar-refractivity contribution in [2.45, 2.75) is 6.92 Å². The van der Waals surface area contributed by atoms with Crippen molar-refractivity contribution in [1.82, 2.24) is 0 Å². The van der Waals surface area contributed by atoms with Crippen LogP contribution in [0.25, 0.3) is 0 Å². The van der Waals surface area contributed by atoms with E-state index in [1.165, 1.54) is 0 Å². The third-order valence-electron chi connectivity index (χ3n) is 2.65. The first-order valence-corrected chi connectivity index (χ1v) is 6.65. The van der Waals surface area contributed by atoms with Gasteiger partial charge in [0.25, 0.3) is 0 Å². The summed E-state index contributed by atoms with van der Waals surface area (Å²) >= 11 is 0. The molecule has 0 saturated heterocycles. The lowest BCUT2D eigenvalue weighted by molar-refractivity contribution is 0.201. The zero-order valence-electron chi connectivity index (χ0n) is 11.5. The lowest BCUT2D eigenvalue weighted by Gasteiger charge is -2.10. The van der Waals surface area contributed by atoms with E-state index in [0.29, 0.717) is 13.2 Å². The highest BCUT2D eigenvalue weighted by Crippen LogP contribution is 2.23. The van der Waals surface area contributed by atoms with Gasteiger partial charge in [0.1, 0.15) is 18.1 Å². The lowest BCUT2D eigenvalue weighted by Crippen LogP contribution is -2.01. The summed E-state index contributed by atoms with van der Waals surface area (Å²) in [7, 11) is 0. The molecule has 0 spiro atoms. The highest BCUT2D eigenvalue weighted by atomic mass is 16.5. The van der Waals surface area contributed by atoms with Gasteiger partial charge in [0.05, 0.1) is 13.2 Å². The van der Waals surface area contributed by atoms with E-state index in [1.54, 1.807) is 0 Å². The molecule has 0 aromatic heterocycles. The topological polar surface area (TPSA) is 50.7 Å². The maximum absolute atomic E-state index is 8.75. The molecule has 2 N–H and O–H groups in total. The van der Waals surface area contributed by atoms with Crippen LogP contribution >= 0.6 is 0 Å². The molecule has 2 aromatic carbocycles. The van der Waals surface area contributed by atoms with Crippen molar-refractivity contribution in [3.63, 3.8) is 0 Å². The van der Waals surface area contributed by atoms with Crippen LogP contribution in [0.3, 0.4) is 0 Å². The molecule has 106 valence electrons. The van der Waals surface area contributed by atoms with Gasteiger partial charge in [-0.25, -0.2) is 0 Å². The summed E-state index contributed by atoms with van der Waals surface area (Å²) in [6.07, 6.45) is 0. The molecule has 0 saturated carbocycles. The first kappa shape index (κ1) is 14.2. The molecule has 0 amide bonds. The lowest BCUT2D eigenvalue weighted by atomic mass is 10.2. The van der Waals surface area contributed by atoms with E-state index in [4.69, 9.17) is 14.6 Å². The van der Waals surface area contributed by atoms with Gasteiger partial charge >= 0.3 is 0 Å². The summed E-state index contributed by atoms with van der Waals surface area (Å²) in [4.78, 5) is 0. The Bertz CT molecular complexity index is 526. The van der Waals surface area contributed by atoms with E-state index in [2.05, 4.69) is 5.32 Å². The van der Waals surface area contributed by atoms with Crippen LogP contribution in [0.4, 0.5) is 11.4 Å². The summed E-state index contributed by atoms with van der Waals surface area (Å²) in [5.74, 6) is 1.59. The molecule has 20 heavy (non-hydrogen) atoms. The second-order valence-electron chi connectivity index (χ2n) is 4.18. The van der Waals surface area contributed by atoms with Gasteiger partial charge in [-0.3, -0.25) is 0 Å². The highest BCUT2D eigenvalue weighted by Gasteiger charge is 1.99. The number of anilines is 2. The Morgan fingerprint density at radius 3 is 2.45 bits per heavy atom. The number of hydrogen-bond donors (Lipinski definition) is 2. The average Bonchev–Trinajstić information content (AvgIpc) is 2.48. The minimum atomic E-state index is 0.0105.